The largest absolute Gasteiger partial charge is 0.374 e. The predicted molar refractivity (Wildman–Crippen MR) is 73.8 cm³/mol. The van der Waals surface area contributed by atoms with Crippen LogP contribution in [0, 0.1) is 5.82 Å². The minimum absolute atomic E-state index is 0.000868. The van der Waals surface area contributed by atoms with Crippen LogP contribution in [0.25, 0.3) is 0 Å². The minimum atomic E-state index is -3.84. The first-order valence-electron chi connectivity index (χ1n) is 6.15. The summed E-state index contributed by atoms with van der Waals surface area (Å²) in [6.45, 7) is 2.06. The number of rotatable bonds is 4. The molecule has 0 spiro atoms. The van der Waals surface area contributed by atoms with E-state index in [1.165, 1.54) is 13.1 Å². The van der Waals surface area contributed by atoms with E-state index in [1.807, 2.05) is 0 Å². The van der Waals surface area contributed by atoms with Crippen molar-refractivity contribution in [2.24, 2.45) is 0 Å². The number of ether oxygens (including phenoxy) is 1. The molecule has 20 heavy (non-hydrogen) atoms. The topological polar surface area (TPSA) is 58.6 Å². The highest BCUT2D eigenvalue weighted by molar-refractivity contribution is 7.89. The zero-order valence-corrected chi connectivity index (χ0v) is 12.5. The van der Waals surface area contributed by atoms with Gasteiger partial charge in [0, 0.05) is 26.7 Å². The van der Waals surface area contributed by atoms with Gasteiger partial charge >= 0.3 is 0 Å². The highest BCUT2D eigenvalue weighted by Crippen LogP contribution is 2.25. The lowest BCUT2D eigenvalue weighted by molar-refractivity contribution is 0.0206. The van der Waals surface area contributed by atoms with Crippen molar-refractivity contribution in [3.63, 3.8) is 0 Å². The van der Waals surface area contributed by atoms with Gasteiger partial charge in [0.1, 0.15) is 10.7 Å². The zero-order chi connectivity index (χ0) is 14.8. The van der Waals surface area contributed by atoms with Crippen LogP contribution in [-0.4, -0.2) is 52.1 Å². The number of sulfonamides is 1. The summed E-state index contributed by atoms with van der Waals surface area (Å²) in [4.78, 5) is -0.231. The van der Waals surface area contributed by atoms with Crippen LogP contribution in [0.2, 0.25) is 5.02 Å². The summed E-state index contributed by atoms with van der Waals surface area (Å²) in [6.07, 6.45) is -0.226. The number of morpholine rings is 1. The fourth-order valence-corrected chi connectivity index (χ4v) is 3.65. The van der Waals surface area contributed by atoms with Crippen molar-refractivity contribution < 1.29 is 17.5 Å². The summed E-state index contributed by atoms with van der Waals surface area (Å²) in [5.41, 5.74) is 0. The van der Waals surface area contributed by atoms with E-state index in [0.717, 1.165) is 23.0 Å². The van der Waals surface area contributed by atoms with Gasteiger partial charge in [0.2, 0.25) is 10.0 Å². The molecule has 0 saturated carbocycles. The number of halogens is 2. The molecule has 5 nitrogen and oxygen atoms in total. The number of nitrogens with zero attached hydrogens (tertiary/aromatic N) is 1. The first-order chi connectivity index (χ1) is 9.41. The molecule has 0 aromatic heterocycles. The van der Waals surface area contributed by atoms with Gasteiger partial charge in [-0.15, -0.1) is 0 Å². The quantitative estimate of drug-likeness (QED) is 0.901. The molecule has 2 rings (SSSR count). The predicted octanol–water partition coefficient (Wildman–Crippen LogP) is 1.09. The molecule has 1 unspecified atom stereocenters. The number of likely N-dealkylation sites (N-methyl/N-ethyl adjacent to an activating group) is 1. The van der Waals surface area contributed by atoms with Gasteiger partial charge in [0.25, 0.3) is 0 Å². The fourth-order valence-electron chi connectivity index (χ4n) is 1.96. The van der Waals surface area contributed by atoms with E-state index in [-0.39, 0.29) is 22.6 Å². The Morgan fingerprint density at radius 1 is 1.55 bits per heavy atom. The van der Waals surface area contributed by atoms with Crippen molar-refractivity contribution in [3.8, 4) is 0 Å². The molecule has 0 aliphatic carbocycles. The maximum atomic E-state index is 13.2. The van der Waals surface area contributed by atoms with E-state index in [9.17, 15) is 12.8 Å². The SMILES string of the molecule is CN(CC1CNCCO1)S(=O)(=O)c1cc(F)ccc1Cl. The Bertz CT molecular complexity index is 576. The maximum absolute atomic E-state index is 13.2. The molecule has 8 heteroatoms. The van der Waals surface area contributed by atoms with Crippen molar-refractivity contribution in [2.45, 2.75) is 11.0 Å². The Balaban J connectivity index is 2.18. The van der Waals surface area contributed by atoms with Gasteiger partial charge in [-0.05, 0) is 18.2 Å². The molecule has 0 amide bonds. The average Bonchev–Trinajstić information content (AvgIpc) is 2.42. The molecule has 112 valence electrons. The van der Waals surface area contributed by atoms with E-state index in [4.69, 9.17) is 16.3 Å². The summed E-state index contributed by atoms with van der Waals surface area (Å²) in [7, 11) is -2.41. The Kier molecular flexibility index (Phi) is 4.98. The van der Waals surface area contributed by atoms with Gasteiger partial charge in [0.15, 0.2) is 0 Å². The van der Waals surface area contributed by atoms with Crippen LogP contribution < -0.4 is 5.32 Å². The van der Waals surface area contributed by atoms with Gasteiger partial charge < -0.3 is 10.1 Å². The minimum Gasteiger partial charge on any atom is -0.374 e. The number of benzene rings is 1. The molecule has 1 saturated heterocycles. The Morgan fingerprint density at radius 2 is 2.30 bits per heavy atom. The second-order valence-corrected chi connectivity index (χ2v) is 6.98. The van der Waals surface area contributed by atoms with Crippen molar-refractivity contribution in [1.29, 1.82) is 0 Å². The normalized spacial score (nSPS) is 20.3. The highest BCUT2D eigenvalue weighted by Gasteiger charge is 2.27. The first kappa shape index (κ1) is 15.7. The molecule has 1 aliphatic heterocycles. The second-order valence-electron chi connectivity index (χ2n) is 4.56. The molecule has 0 bridgehead atoms. The Hall–Kier alpha value is -0.730. The van der Waals surface area contributed by atoms with Crippen LogP contribution in [0.4, 0.5) is 4.39 Å². The van der Waals surface area contributed by atoms with Crippen LogP contribution in [0.1, 0.15) is 0 Å². The third kappa shape index (κ3) is 3.48. The van der Waals surface area contributed by atoms with Gasteiger partial charge in [-0.1, -0.05) is 11.6 Å². The van der Waals surface area contributed by atoms with E-state index in [2.05, 4.69) is 5.32 Å². The second kappa shape index (κ2) is 6.36. The smallest absolute Gasteiger partial charge is 0.244 e. The van der Waals surface area contributed by atoms with Crippen LogP contribution in [-0.2, 0) is 14.8 Å². The number of hydrogen-bond acceptors (Lipinski definition) is 4. The molecule has 1 N–H and O–H groups in total. The van der Waals surface area contributed by atoms with Gasteiger partial charge in [-0.2, -0.15) is 4.31 Å². The van der Waals surface area contributed by atoms with Crippen molar-refractivity contribution in [1.82, 2.24) is 9.62 Å². The van der Waals surface area contributed by atoms with E-state index >= 15 is 0 Å². The molecule has 1 aromatic carbocycles. The van der Waals surface area contributed by atoms with E-state index in [0.29, 0.717) is 13.2 Å². The lowest BCUT2D eigenvalue weighted by Crippen LogP contribution is -2.45. The van der Waals surface area contributed by atoms with Crippen LogP contribution in [0.15, 0.2) is 23.1 Å². The number of hydrogen-bond donors (Lipinski definition) is 1. The summed E-state index contributed by atoms with van der Waals surface area (Å²) >= 11 is 5.85. The summed E-state index contributed by atoms with van der Waals surface area (Å²) in [6, 6.07) is 3.28. The zero-order valence-electron chi connectivity index (χ0n) is 11.0. The van der Waals surface area contributed by atoms with Crippen LogP contribution >= 0.6 is 11.6 Å². The molecule has 0 radical (unpaired) electrons. The summed E-state index contributed by atoms with van der Waals surface area (Å²) in [5, 5.41) is 3.12. The van der Waals surface area contributed by atoms with Gasteiger partial charge in [0.05, 0.1) is 17.7 Å². The van der Waals surface area contributed by atoms with Crippen LogP contribution in [0.3, 0.4) is 0 Å². The molecule has 1 heterocycles. The molecule has 1 fully saturated rings. The molecule has 1 aromatic rings. The lowest BCUT2D eigenvalue weighted by Gasteiger charge is -2.27. The fraction of sp³-hybridized carbons (Fsp3) is 0.500. The lowest BCUT2D eigenvalue weighted by atomic mass is 10.3. The Labute approximate surface area is 122 Å². The number of nitrogens with one attached hydrogen (secondary N) is 1. The summed E-state index contributed by atoms with van der Waals surface area (Å²) in [5.74, 6) is -0.642. The van der Waals surface area contributed by atoms with Gasteiger partial charge in [-0.25, -0.2) is 12.8 Å². The highest BCUT2D eigenvalue weighted by atomic mass is 35.5. The average molecular weight is 323 g/mol. The standard InChI is InChI=1S/C12H16ClFN2O3S/c1-16(8-10-7-15-4-5-19-10)20(17,18)12-6-9(14)2-3-11(12)13/h2-3,6,10,15H,4-5,7-8H2,1H3. The van der Waals surface area contributed by atoms with E-state index in [1.54, 1.807) is 0 Å². The third-order valence-corrected chi connectivity index (χ3v) is 5.35. The first-order valence-corrected chi connectivity index (χ1v) is 7.97. The van der Waals surface area contributed by atoms with E-state index < -0.39 is 15.8 Å². The molecular formula is C12H16ClFN2O3S. The Morgan fingerprint density at radius 3 is 2.95 bits per heavy atom. The maximum Gasteiger partial charge on any atom is 0.244 e. The van der Waals surface area contributed by atoms with Crippen molar-refractivity contribution >= 4 is 21.6 Å². The monoisotopic (exact) mass is 322 g/mol. The molecular weight excluding hydrogens is 307 g/mol. The van der Waals surface area contributed by atoms with Gasteiger partial charge in [-0.3, -0.25) is 0 Å². The molecule has 1 atom stereocenters. The van der Waals surface area contributed by atoms with Crippen molar-refractivity contribution in [2.75, 3.05) is 33.3 Å². The van der Waals surface area contributed by atoms with Crippen LogP contribution in [0.5, 0.6) is 0 Å². The van der Waals surface area contributed by atoms with Crippen molar-refractivity contribution in [3.05, 3.63) is 29.0 Å². The third-order valence-electron chi connectivity index (χ3n) is 3.05. The molecule has 1 aliphatic rings. The summed E-state index contributed by atoms with van der Waals surface area (Å²) < 4.78 is 44.6.